The normalized spacial score (nSPS) is 23.6. The molecule has 1 aliphatic carbocycles. The van der Waals surface area contributed by atoms with Gasteiger partial charge in [0, 0.05) is 30.4 Å². The molecule has 1 aromatic carbocycles. The molecule has 0 atom stereocenters. The molecule has 0 heterocycles. The van der Waals surface area contributed by atoms with Crippen LogP contribution < -0.4 is 4.74 Å². The van der Waals surface area contributed by atoms with Crippen LogP contribution in [0.4, 0.5) is 5.69 Å². The summed E-state index contributed by atoms with van der Waals surface area (Å²) in [5.74, 6) is 0.708. The average molecular weight is 242 g/mol. The molecular weight excluding hydrogens is 230 g/mol. The summed E-state index contributed by atoms with van der Waals surface area (Å²) < 4.78 is 5.68. The van der Waals surface area contributed by atoms with Crippen LogP contribution in [-0.4, -0.2) is 16.4 Å². The van der Waals surface area contributed by atoms with E-state index < -0.39 is 4.92 Å². The smallest absolute Gasteiger partial charge is 0.269 e. The van der Waals surface area contributed by atoms with Crippen LogP contribution in [-0.2, 0) is 0 Å². The Kier molecular flexibility index (Phi) is 3.01. The molecule has 1 saturated carbocycles. The van der Waals surface area contributed by atoms with Gasteiger partial charge in [0.25, 0.3) is 5.69 Å². The van der Waals surface area contributed by atoms with E-state index in [0.29, 0.717) is 5.75 Å². The third-order valence-corrected chi connectivity index (χ3v) is 3.06. The molecule has 0 N–H and O–H groups in total. The Morgan fingerprint density at radius 3 is 2.69 bits per heavy atom. The van der Waals surface area contributed by atoms with Crippen molar-refractivity contribution in [1.82, 2.24) is 0 Å². The van der Waals surface area contributed by atoms with E-state index in [-0.39, 0.29) is 17.2 Å². The highest BCUT2D eigenvalue weighted by molar-refractivity contribution is 6.21. The number of halogens is 1. The molecule has 0 aromatic heterocycles. The molecule has 0 bridgehead atoms. The summed E-state index contributed by atoms with van der Waals surface area (Å²) in [4.78, 5) is 10.1. The molecule has 2 rings (SSSR count). The summed E-state index contributed by atoms with van der Waals surface area (Å²) in [6.07, 6.45) is 1.85. The molecule has 4 nitrogen and oxygen atoms in total. The van der Waals surface area contributed by atoms with Crippen LogP contribution in [0.2, 0.25) is 0 Å². The molecule has 0 radical (unpaired) electrons. The van der Waals surface area contributed by atoms with Gasteiger partial charge in [-0.1, -0.05) is 0 Å². The molecule has 0 spiro atoms. The number of nitro benzene ring substituents is 1. The molecule has 86 valence electrons. The first kappa shape index (κ1) is 11.2. The van der Waals surface area contributed by atoms with Crippen LogP contribution in [0, 0.1) is 17.0 Å². The minimum absolute atomic E-state index is 0.0914. The second-order valence-corrected chi connectivity index (χ2v) is 4.63. The molecule has 1 aromatic rings. The summed E-state index contributed by atoms with van der Waals surface area (Å²) >= 11 is 5.85. The van der Waals surface area contributed by atoms with Crippen LogP contribution in [0.3, 0.4) is 0 Å². The zero-order valence-corrected chi connectivity index (χ0v) is 9.61. The molecule has 0 aliphatic heterocycles. The highest BCUT2D eigenvalue weighted by atomic mass is 35.5. The maximum Gasteiger partial charge on any atom is 0.269 e. The van der Waals surface area contributed by atoms with E-state index >= 15 is 0 Å². The van der Waals surface area contributed by atoms with Crippen molar-refractivity contribution >= 4 is 17.3 Å². The zero-order valence-electron chi connectivity index (χ0n) is 8.85. The fourth-order valence-electron chi connectivity index (χ4n) is 1.66. The summed E-state index contributed by atoms with van der Waals surface area (Å²) in [6.45, 7) is 1.80. The van der Waals surface area contributed by atoms with Gasteiger partial charge in [0.05, 0.1) is 4.92 Å². The molecule has 0 unspecified atom stereocenters. The third kappa shape index (κ3) is 2.27. The van der Waals surface area contributed by atoms with Crippen LogP contribution in [0.1, 0.15) is 18.4 Å². The number of nitrogens with zero attached hydrogens (tertiary/aromatic N) is 1. The number of ether oxygens (including phenoxy) is 1. The second kappa shape index (κ2) is 4.29. The van der Waals surface area contributed by atoms with Crippen molar-refractivity contribution in [2.24, 2.45) is 0 Å². The predicted octanol–water partition coefficient (Wildman–Crippen LogP) is 3.05. The number of hydrogen-bond donors (Lipinski definition) is 0. The van der Waals surface area contributed by atoms with E-state index in [1.165, 1.54) is 12.1 Å². The number of nitro groups is 1. The van der Waals surface area contributed by atoms with E-state index in [9.17, 15) is 10.1 Å². The van der Waals surface area contributed by atoms with Crippen molar-refractivity contribution in [1.29, 1.82) is 0 Å². The molecule has 0 amide bonds. The van der Waals surface area contributed by atoms with Crippen molar-refractivity contribution in [2.45, 2.75) is 31.2 Å². The van der Waals surface area contributed by atoms with Crippen LogP contribution in [0.25, 0.3) is 0 Å². The van der Waals surface area contributed by atoms with E-state index in [2.05, 4.69) is 0 Å². The molecule has 1 fully saturated rings. The van der Waals surface area contributed by atoms with E-state index in [1.807, 2.05) is 0 Å². The highest BCUT2D eigenvalue weighted by Gasteiger charge is 2.29. The van der Waals surface area contributed by atoms with Gasteiger partial charge in [0.15, 0.2) is 0 Å². The first-order chi connectivity index (χ1) is 7.56. The summed E-state index contributed by atoms with van der Waals surface area (Å²) in [7, 11) is 0. The average Bonchev–Trinajstić information content (AvgIpc) is 2.18. The number of non-ortho nitro benzene ring substituents is 1. The summed E-state index contributed by atoms with van der Waals surface area (Å²) in [5, 5.41) is 10.8. The number of aryl methyl sites for hydroxylation is 1. The zero-order chi connectivity index (χ0) is 11.7. The molecule has 1 aliphatic rings. The minimum Gasteiger partial charge on any atom is -0.490 e. The monoisotopic (exact) mass is 241 g/mol. The SMILES string of the molecule is Cc1cc([N+](=O)[O-])ccc1OC1CC(Cl)C1. The Hall–Kier alpha value is -1.29. The Bertz CT molecular complexity index is 416. The lowest BCUT2D eigenvalue weighted by Crippen LogP contribution is -2.34. The molecule has 0 saturated heterocycles. The van der Waals surface area contributed by atoms with Crippen molar-refractivity contribution < 1.29 is 9.66 Å². The standard InChI is InChI=1S/C11H12ClNO3/c1-7-4-9(13(14)15)2-3-11(7)16-10-5-8(12)6-10/h2-4,8,10H,5-6H2,1H3. The Balaban J connectivity index is 2.07. The van der Waals surface area contributed by atoms with Crippen molar-refractivity contribution in [3.8, 4) is 5.75 Å². The predicted molar refractivity (Wildman–Crippen MR) is 61.1 cm³/mol. The lowest BCUT2D eigenvalue weighted by atomic mass is 9.95. The van der Waals surface area contributed by atoms with Gasteiger partial charge in [-0.25, -0.2) is 0 Å². The molecule has 16 heavy (non-hydrogen) atoms. The second-order valence-electron chi connectivity index (χ2n) is 4.02. The lowest BCUT2D eigenvalue weighted by Gasteiger charge is -2.31. The molecular formula is C11H12ClNO3. The largest absolute Gasteiger partial charge is 0.490 e. The summed E-state index contributed by atoms with van der Waals surface area (Å²) in [5.41, 5.74) is 0.876. The van der Waals surface area contributed by atoms with Gasteiger partial charge in [-0.15, -0.1) is 11.6 Å². The first-order valence-electron chi connectivity index (χ1n) is 5.12. The Labute approximate surface area is 98.3 Å². The minimum atomic E-state index is -0.408. The lowest BCUT2D eigenvalue weighted by molar-refractivity contribution is -0.384. The van der Waals surface area contributed by atoms with Gasteiger partial charge in [-0.05, 0) is 18.6 Å². The first-order valence-corrected chi connectivity index (χ1v) is 5.55. The number of rotatable bonds is 3. The number of alkyl halides is 1. The van der Waals surface area contributed by atoms with Gasteiger partial charge < -0.3 is 4.74 Å². The van der Waals surface area contributed by atoms with Crippen LogP contribution in [0.5, 0.6) is 5.75 Å². The van der Waals surface area contributed by atoms with Crippen molar-refractivity contribution in [3.05, 3.63) is 33.9 Å². The fourth-order valence-corrected chi connectivity index (χ4v) is 2.05. The fraction of sp³-hybridized carbons (Fsp3) is 0.455. The topological polar surface area (TPSA) is 52.4 Å². The van der Waals surface area contributed by atoms with Crippen molar-refractivity contribution in [3.63, 3.8) is 0 Å². The third-order valence-electron chi connectivity index (χ3n) is 2.70. The van der Waals surface area contributed by atoms with E-state index in [1.54, 1.807) is 13.0 Å². The van der Waals surface area contributed by atoms with Crippen molar-refractivity contribution in [2.75, 3.05) is 0 Å². The Morgan fingerprint density at radius 2 is 2.19 bits per heavy atom. The van der Waals surface area contributed by atoms with Gasteiger partial charge in [0.2, 0.25) is 0 Å². The van der Waals surface area contributed by atoms with E-state index in [0.717, 1.165) is 18.4 Å². The Morgan fingerprint density at radius 1 is 1.50 bits per heavy atom. The molecule has 5 heteroatoms. The number of hydrogen-bond acceptors (Lipinski definition) is 3. The van der Waals surface area contributed by atoms with Gasteiger partial charge >= 0.3 is 0 Å². The van der Waals surface area contributed by atoms with E-state index in [4.69, 9.17) is 16.3 Å². The van der Waals surface area contributed by atoms with Gasteiger partial charge in [0.1, 0.15) is 11.9 Å². The summed E-state index contributed by atoms with van der Waals surface area (Å²) in [6, 6.07) is 4.63. The number of benzene rings is 1. The maximum atomic E-state index is 10.5. The van der Waals surface area contributed by atoms with Gasteiger partial charge in [-0.3, -0.25) is 10.1 Å². The van der Waals surface area contributed by atoms with Crippen LogP contribution >= 0.6 is 11.6 Å². The van der Waals surface area contributed by atoms with Crippen LogP contribution in [0.15, 0.2) is 18.2 Å². The quantitative estimate of drug-likeness (QED) is 0.464. The maximum absolute atomic E-state index is 10.5. The van der Waals surface area contributed by atoms with Gasteiger partial charge in [-0.2, -0.15) is 0 Å². The highest BCUT2D eigenvalue weighted by Crippen LogP contribution is 2.32.